The van der Waals surface area contributed by atoms with Gasteiger partial charge in [-0.15, -0.1) is 0 Å². The van der Waals surface area contributed by atoms with Crippen molar-refractivity contribution >= 4 is 0 Å². The standard InChI is InChI=1S/C9H14N2O/c1-6-4-8-9(11-5-6)7(10)2-3-12-8/h4-5,7,9,11H,2-3,10H2,1H3/t7-,9?/m1/s1. The van der Waals surface area contributed by atoms with Gasteiger partial charge in [-0.05, 0) is 25.0 Å². The SMILES string of the molecule is CC1=CNC2C(=C1)OCC[C@H]2N. The monoisotopic (exact) mass is 166 g/mol. The van der Waals surface area contributed by atoms with Gasteiger partial charge < -0.3 is 15.8 Å². The first-order valence-corrected chi connectivity index (χ1v) is 4.30. The maximum Gasteiger partial charge on any atom is 0.120 e. The molecule has 0 aromatic carbocycles. The third kappa shape index (κ3) is 1.20. The number of hydrogen-bond donors (Lipinski definition) is 2. The molecule has 66 valence electrons. The van der Waals surface area contributed by atoms with Crippen molar-refractivity contribution in [3.05, 3.63) is 23.6 Å². The first-order valence-electron chi connectivity index (χ1n) is 4.30. The molecule has 3 N–H and O–H groups in total. The van der Waals surface area contributed by atoms with Crippen molar-refractivity contribution in [3.63, 3.8) is 0 Å². The van der Waals surface area contributed by atoms with Gasteiger partial charge in [-0.3, -0.25) is 0 Å². The highest BCUT2D eigenvalue weighted by Gasteiger charge is 2.28. The van der Waals surface area contributed by atoms with E-state index < -0.39 is 0 Å². The highest BCUT2D eigenvalue weighted by Crippen LogP contribution is 2.21. The zero-order valence-corrected chi connectivity index (χ0v) is 7.21. The van der Waals surface area contributed by atoms with E-state index in [4.69, 9.17) is 10.5 Å². The number of ether oxygens (including phenoxy) is 1. The smallest absolute Gasteiger partial charge is 0.120 e. The second kappa shape index (κ2) is 2.83. The molecule has 3 nitrogen and oxygen atoms in total. The maximum absolute atomic E-state index is 5.92. The van der Waals surface area contributed by atoms with E-state index in [1.807, 2.05) is 13.1 Å². The molecule has 0 saturated carbocycles. The average molecular weight is 166 g/mol. The van der Waals surface area contributed by atoms with Crippen molar-refractivity contribution in [2.45, 2.75) is 25.4 Å². The minimum Gasteiger partial charge on any atom is -0.496 e. The summed E-state index contributed by atoms with van der Waals surface area (Å²) >= 11 is 0. The highest BCUT2D eigenvalue weighted by atomic mass is 16.5. The van der Waals surface area contributed by atoms with E-state index in [1.165, 1.54) is 5.57 Å². The fourth-order valence-electron chi connectivity index (χ4n) is 1.60. The fourth-order valence-corrected chi connectivity index (χ4v) is 1.60. The lowest BCUT2D eigenvalue weighted by Crippen LogP contribution is -2.49. The lowest BCUT2D eigenvalue weighted by atomic mass is 9.98. The van der Waals surface area contributed by atoms with Gasteiger partial charge in [0.15, 0.2) is 0 Å². The molecule has 0 spiro atoms. The van der Waals surface area contributed by atoms with E-state index in [1.54, 1.807) is 0 Å². The maximum atomic E-state index is 5.92. The van der Waals surface area contributed by atoms with Gasteiger partial charge in [0.2, 0.25) is 0 Å². The molecule has 2 aliphatic heterocycles. The molecule has 2 heterocycles. The zero-order valence-electron chi connectivity index (χ0n) is 7.21. The Kier molecular flexibility index (Phi) is 1.81. The third-order valence-electron chi connectivity index (χ3n) is 2.32. The molecule has 0 aliphatic carbocycles. The number of rotatable bonds is 0. The Bertz CT molecular complexity index is 245. The van der Waals surface area contributed by atoms with Gasteiger partial charge >= 0.3 is 0 Å². The minimum absolute atomic E-state index is 0.189. The van der Waals surface area contributed by atoms with Gasteiger partial charge in [0.25, 0.3) is 0 Å². The highest BCUT2D eigenvalue weighted by molar-refractivity contribution is 5.28. The molecule has 12 heavy (non-hydrogen) atoms. The Morgan fingerprint density at radius 1 is 1.67 bits per heavy atom. The summed E-state index contributed by atoms with van der Waals surface area (Å²) in [6.07, 6.45) is 4.98. The Morgan fingerprint density at radius 3 is 3.33 bits per heavy atom. The van der Waals surface area contributed by atoms with E-state index in [0.29, 0.717) is 0 Å². The van der Waals surface area contributed by atoms with Gasteiger partial charge in [0, 0.05) is 12.2 Å². The molecule has 3 heteroatoms. The van der Waals surface area contributed by atoms with Crippen molar-refractivity contribution < 1.29 is 4.74 Å². The summed E-state index contributed by atoms with van der Waals surface area (Å²) in [7, 11) is 0. The Hall–Kier alpha value is -0.960. The van der Waals surface area contributed by atoms with Crippen LogP contribution < -0.4 is 11.1 Å². The van der Waals surface area contributed by atoms with E-state index in [2.05, 4.69) is 11.4 Å². The quantitative estimate of drug-likeness (QED) is 0.550. The van der Waals surface area contributed by atoms with Crippen molar-refractivity contribution in [3.8, 4) is 0 Å². The Labute approximate surface area is 72.3 Å². The molecule has 0 radical (unpaired) electrons. The Morgan fingerprint density at radius 2 is 2.50 bits per heavy atom. The first kappa shape index (κ1) is 7.68. The summed E-state index contributed by atoms with van der Waals surface area (Å²) in [5.41, 5.74) is 7.11. The number of allylic oxidation sites excluding steroid dienone is 2. The number of fused-ring (bicyclic) bond motifs is 1. The first-order chi connectivity index (χ1) is 5.77. The molecule has 0 aromatic rings. The molecule has 0 amide bonds. The summed E-state index contributed by atoms with van der Waals surface area (Å²) in [5, 5.41) is 3.24. The molecule has 2 rings (SSSR count). The van der Waals surface area contributed by atoms with Crippen LogP contribution in [0.15, 0.2) is 23.6 Å². The predicted molar refractivity (Wildman–Crippen MR) is 47.3 cm³/mol. The molecule has 1 fully saturated rings. The molecular weight excluding hydrogens is 152 g/mol. The van der Waals surface area contributed by atoms with Crippen LogP contribution in [-0.2, 0) is 4.74 Å². The summed E-state index contributed by atoms with van der Waals surface area (Å²) in [5.74, 6) is 0.994. The van der Waals surface area contributed by atoms with Crippen molar-refractivity contribution in [2.75, 3.05) is 6.61 Å². The van der Waals surface area contributed by atoms with Crippen LogP contribution >= 0.6 is 0 Å². The van der Waals surface area contributed by atoms with Gasteiger partial charge in [-0.1, -0.05) is 0 Å². The summed E-state index contributed by atoms with van der Waals surface area (Å²) in [6, 6.07) is 0.386. The van der Waals surface area contributed by atoms with Crippen molar-refractivity contribution in [1.82, 2.24) is 5.32 Å². The summed E-state index contributed by atoms with van der Waals surface area (Å²) < 4.78 is 5.50. The average Bonchev–Trinajstić information content (AvgIpc) is 2.04. The second-order valence-electron chi connectivity index (χ2n) is 3.38. The fraction of sp³-hybridized carbons (Fsp3) is 0.556. The summed E-state index contributed by atoms with van der Waals surface area (Å²) in [4.78, 5) is 0. The lowest BCUT2D eigenvalue weighted by Gasteiger charge is -2.33. The van der Waals surface area contributed by atoms with Gasteiger partial charge in [-0.25, -0.2) is 0 Å². The van der Waals surface area contributed by atoms with Gasteiger partial charge in [0.1, 0.15) is 5.76 Å². The topological polar surface area (TPSA) is 47.3 Å². The van der Waals surface area contributed by atoms with Crippen LogP contribution in [0.2, 0.25) is 0 Å². The predicted octanol–water partition coefficient (Wildman–Crippen LogP) is 0.493. The third-order valence-corrected chi connectivity index (χ3v) is 2.32. The second-order valence-corrected chi connectivity index (χ2v) is 3.38. The van der Waals surface area contributed by atoms with Gasteiger partial charge in [-0.2, -0.15) is 0 Å². The molecule has 0 bridgehead atoms. The van der Waals surface area contributed by atoms with Crippen LogP contribution in [0, 0.1) is 0 Å². The Balaban J connectivity index is 2.20. The van der Waals surface area contributed by atoms with Crippen LogP contribution in [0.25, 0.3) is 0 Å². The number of dihydropyridines is 1. The minimum atomic E-state index is 0.189. The van der Waals surface area contributed by atoms with Crippen molar-refractivity contribution in [2.24, 2.45) is 5.73 Å². The van der Waals surface area contributed by atoms with Crippen LogP contribution in [0.4, 0.5) is 0 Å². The van der Waals surface area contributed by atoms with Crippen LogP contribution in [0.1, 0.15) is 13.3 Å². The number of nitrogens with two attached hydrogens (primary N) is 1. The normalized spacial score (nSPS) is 33.8. The molecule has 1 unspecified atom stereocenters. The van der Waals surface area contributed by atoms with Crippen molar-refractivity contribution in [1.29, 1.82) is 0 Å². The van der Waals surface area contributed by atoms with E-state index in [9.17, 15) is 0 Å². The number of hydrogen-bond acceptors (Lipinski definition) is 3. The number of nitrogens with one attached hydrogen (secondary N) is 1. The largest absolute Gasteiger partial charge is 0.496 e. The molecule has 2 atom stereocenters. The van der Waals surface area contributed by atoms with Crippen LogP contribution in [-0.4, -0.2) is 18.7 Å². The van der Waals surface area contributed by atoms with E-state index >= 15 is 0 Å². The van der Waals surface area contributed by atoms with Crippen LogP contribution in [0.5, 0.6) is 0 Å². The molecule has 1 saturated heterocycles. The van der Waals surface area contributed by atoms with E-state index in [0.717, 1.165) is 18.8 Å². The van der Waals surface area contributed by atoms with Crippen LogP contribution in [0.3, 0.4) is 0 Å². The zero-order chi connectivity index (χ0) is 8.55. The van der Waals surface area contributed by atoms with Gasteiger partial charge in [0.05, 0.1) is 12.6 Å². The molecular formula is C9H14N2O. The van der Waals surface area contributed by atoms with E-state index in [-0.39, 0.29) is 12.1 Å². The lowest BCUT2D eigenvalue weighted by molar-refractivity contribution is 0.130. The molecule has 2 aliphatic rings. The summed E-state index contributed by atoms with van der Waals surface area (Å²) in [6.45, 7) is 2.79. The molecule has 0 aromatic heterocycles.